The molecule has 0 aliphatic heterocycles. The van der Waals surface area contributed by atoms with Crippen LogP contribution in [0.5, 0.6) is 5.75 Å². The van der Waals surface area contributed by atoms with Gasteiger partial charge in [0, 0.05) is 36.8 Å². The van der Waals surface area contributed by atoms with Gasteiger partial charge < -0.3 is 10.1 Å². The SMILES string of the molecule is COc1cc(C)nc(CNCC(C)(C)CCCl)c1. The van der Waals surface area contributed by atoms with Crippen molar-refractivity contribution < 1.29 is 4.74 Å². The third-order valence-corrected chi connectivity index (χ3v) is 3.09. The van der Waals surface area contributed by atoms with Crippen LogP contribution in [0.2, 0.25) is 0 Å². The minimum Gasteiger partial charge on any atom is -0.497 e. The Labute approximate surface area is 115 Å². The van der Waals surface area contributed by atoms with Crippen molar-refractivity contribution >= 4 is 11.6 Å². The van der Waals surface area contributed by atoms with Crippen LogP contribution in [0.4, 0.5) is 0 Å². The first-order valence-corrected chi connectivity index (χ1v) is 6.78. The summed E-state index contributed by atoms with van der Waals surface area (Å²) in [4.78, 5) is 4.48. The molecule has 1 N–H and O–H groups in total. The highest BCUT2D eigenvalue weighted by atomic mass is 35.5. The Morgan fingerprint density at radius 2 is 2.11 bits per heavy atom. The van der Waals surface area contributed by atoms with Crippen LogP contribution in [0.25, 0.3) is 0 Å². The van der Waals surface area contributed by atoms with E-state index >= 15 is 0 Å². The van der Waals surface area contributed by atoms with Gasteiger partial charge in [0.15, 0.2) is 0 Å². The molecule has 18 heavy (non-hydrogen) atoms. The number of hydrogen-bond acceptors (Lipinski definition) is 3. The number of halogens is 1. The van der Waals surface area contributed by atoms with Crippen molar-refractivity contribution in [3.63, 3.8) is 0 Å². The van der Waals surface area contributed by atoms with Gasteiger partial charge in [-0.25, -0.2) is 0 Å². The lowest BCUT2D eigenvalue weighted by atomic mass is 9.90. The predicted molar refractivity (Wildman–Crippen MR) is 76.4 cm³/mol. The normalized spacial score (nSPS) is 11.6. The minimum absolute atomic E-state index is 0.218. The number of methoxy groups -OCH3 is 1. The van der Waals surface area contributed by atoms with Crippen molar-refractivity contribution in [3.05, 3.63) is 23.5 Å². The summed E-state index contributed by atoms with van der Waals surface area (Å²) < 4.78 is 5.24. The summed E-state index contributed by atoms with van der Waals surface area (Å²) in [6, 6.07) is 3.90. The fourth-order valence-corrected chi connectivity index (χ4v) is 2.30. The van der Waals surface area contributed by atoms with Crippen molar-refractivity contribution in [2.24, 2.45) is 5.41 Å². The number of rotatable bonds is 7. The van der Waals surface area contributed by atoms with Crippen molar-refractivity contribution in [3.8, 4) is 5.75 Å². The molecule has 102 valence electrons. The molecule has 0 fully saturated rings. The van der Waals surface area contributed by atoms with Crippen molar-refractivity contribution in [1.82, 2.24) is 10.3 Å². The third-order valence-electron chi connectivity index (χ3n) is 2.90. The molecule has 0 saturated heterocycles. The van der Waals surface area contributed by atoms with E-state index in [4.69, 9.17) is 16.3 Å². The van der Waals surface area contributed by atoms with Gasteiger partial charge in [0.2, 0.25) is 0 Å². The number of pyridine rings is 1. The average molecular weight is 271 g/mol. The molecule has 0 aliphatic carbocycles. The Morgan fingerprint density at radius 3 is 2.72 bits per heavy atom. The number of alkyl halides is 1. The zero-order valence-electron chi connectivity index (χ0n) is 11.7. The molecule has 1 aromatic rings. The zero-order valence-corrected chi connectivity index (χ0v) is 12.5. The molecule has 0 bridgehead atoms. The van der Waals surface area contributed by atoms with Crippen LogP contribution in [-0.2, 0) is 6.54 Å². The molecule has 1 aromatic heterocycles. The lowest BCUT2D eigenvalue weighted by Gasteiger charge is -2.23. The van der Waals surface area contributed by atoms with Gasteiger partial charge >= 0.3 is 0 Å². The molecule has 0 spiro atoms. The molecule has 1 rings (SSSR count). The second-order valence-electron chi connectivity index (χ2n) is 5.35. The Hall–Kier alpha value is -0.800. The van der Waals surface area contributed by atoms with Gasteiger partial charge in [0.05, 0.1) is 12.8 Å². The van der Waals surface area contributed by atoms with Gasteiger partial charge in [0.25, 0.3) is 0 Å². The summed E-state index contributed by atoms with van der Waals surface area (Å²) in [6.45, 7) is 8.09. The number of hydrogen-bond donors (Lipinski definition) is 1. The van der Waals surface area contributed by atoms with E-state index in [1.165, 1.54) is 0 Å². The molecule has 3 nitrogen and oxygen atoms in total. The molecule has 4 heteroatoms. The van der Waals surface area contributed by atoms with Crippen LogP contribution < -0.4 is 10.1 Å². The number of aromatic nitrogens is 1. The predicted octanol–water partition coefficient (Wildman–Crippen LogP) is 3.14. The minimum atomic E-state index is 0.218. The maximum Gasteiger partial charge on any atom is 0.122 e. The van der Waals surface area contributed by atoms with Crippen molar-refractivity contribution in [2.45, 2.75) is 33.7 Å². The molecule has 0 unspecified atom stereocenters. The van der Waals surface area contributed by atoms with Gasteiger partial charge in [-0.2, -0.15) is 0 Å². The first-order chi connectivity index (χ1) is 8.46. The molecule has 0 aromatic carbocycles. The number of nitrogens with one attached hydrogen (secondary N) is 1. The van der Waals surface area contributed by atoms with Crippen LogP contribution in [0.1, 0.15) is 31.7 Å². The molecule has 0 atom stereocenters. The van der Waals surface area contributed by atoms with Crippen LogP contribution >= 0.6 is 11.6 Å². The van der Waals surface area contributed by atoms with E-state index in [1.807, 2.05) is 19.1 Å². The number of ether oxygens (including phenoxy) is 1. The van der Waals surface area contributed by atoms with Gasteiger partial charge in [-0.15, -0.1) is 11.6 Å². The van der Waals surface area contributed by atoms with Crippen molar-refractivity contribution in [2.75, 3.05) is 19.5 Å². The van der Waals surface area contributed by atoms with E-state index < -0.39 is 0 Å². The standard InChI is InChI=1S/C14H23ClN2O/c1-11-7-13(18-4)8-12(17-11)9-16-10-14(2,3)5-6-15/h7-8,16H,5-6,9-10H2,1-4H3. The van der Waals surface area contributed by atoms with Gasteiger partial charge in [0.1, 0.15) is 5.75 Å². The Kier molecular flexibility index (Phi) is 5.89. The largest absolute Gasteiger partial charge is 0.497 e. The van der Waals surface area contributed by atoms with E-state index in [0.29, 0.717) is 5.88 Å². The van der Waals surface area contributed by atoms with Crippen LogP contribution in [0.15, 0.2) is 12.1 Å². The highest BCUT2D eigenvalue weighted by Crippen LogP contribution is 2.20. The smallest absolute Gasteiger partial charge is 0.122 e. The first-order valence-electron chi connectivity index (χ1n) is 6.25. The number of aryl methyl sites for hydroxylation is 1. The zero-order chi connectivity index (χ0) is 13.6. The highest BCUT2D eigenvalue weighted by Gasteiger charge is 2.16. The lowest BCUT2D eigenvalue weighted by molar-refractivity contribution is 0.328. The monoisotopic (exact) mass is 270 g/mol. The first kappa shape index (κ1) is 15.3. The molecule has 0 saturated carbocycles. The molecule has 0 aliphatic rings. The fourth-order valence-electron chi connectivity index (χ4n) is 1.78. The lowest BCUT2D eigenvalue weighted by Crippen LogP contribution is -2.29. The third kappa shape index (κ3) is 5.23. The van der Waals surface area contributed by atoms with Crippen LogP contribution in [0.3, 0.4) is 0 Å². The second-order valence-corrected chi connectivity index (χ2v) is 5.72. The quantitative estimate of drug-likeness (QED) is 0.773. The van der Waals surface area contributed by atoms with Gasteiger partial charge in [-0.05, 0) is 18.8 Å². The Balaban J connectivity index is 2.51. The van der Waals surface area contributed by atoms with E-state index in [9.17, 15) is 0 Å². The van der Waals surface area contributed by atoms with Gasteiger partial charge in [-0.1, -0.05) is 13.8 Å². The van der Waals surface area contributed by atoms with E-state index in [0.717, 1.165) is 36.6 Å². The maximum atomic E-state index is 5.79. The summed E-state index contributed by atoms with van der Waals surface area (Å²) in [7, 11) is 1.68. The molecule has 1 heterocycles. The Bertz CT molecular complexity index is 380. The van der Waals surface area contributed by atoms with E-state index in [2.05, 4.69) is 24.1 Å². The van der Waals surface area contributed by atoms with Crippen LogP contribution in [-0.4, -0.2) is 24.5 Å². The molecular weight excluding hydrogens is 248 g/mol. The van der Waals surface area contributed by atoms with Crippen LogP contribution in [0, 0.1) is 12.3 Å². The Morgan fingerprint density at radius 1 is 1.39 bits per heavy atom. The summed E-state index contributed by atoms with van der Waals surface area (Å²) in [5, 5.41) is 3.43. The van der Waals surface area contributed by atoms with E-state index in [-0.39, 0.29) is 5.41 Å². The number of nitrogens with zero attached hydrogens (tertiary/aromatic N) is 1. The molecule has 0 radical (unpaired) electrons. The summed E-state index contributed by atoms with van der Waals surface area (Å²) >= 11 is 5.79. The maximum absolute atomic E-state index is 5.79. The highest BCUT2D eigenvalue weighted by molar-refractivity contribution is 6.17. The van der Waals surface area contributed by atoms with Gasteiger partial charge in [-0.3, -0.25) is 4.98 Å². The van der Waals surface area contributed by atoms with Crippen molar-refractivity contribution in [1.29, 1.82) is 0 Å². The molecule has 0 amide bonds. The summed E-state index contributed by atoms with van der Waals surface area (Å²) in [5.74, 6) is 1.56. The summed E-state index contributed by atoms with van der Waals surface area (Å²) in [6.07, 6.45) is 1.01. The van der Waals surface area contributed by atoms with E-state index in [1.54, 1.807) is 7.11 Å². The summed E-state index contributed by atoms with van der Waals surface area (Å²) in [5.41, 5.74) is 2.20. The fraction of sp³-hybridized carbons (Fsp3) is 0.643. The average Bonchev–Trinajstić information content (AvgIpc) is 2.27. The topological polar surface area (TPSA) is 34.1 Å². The molecular formula is C14H23ClN2O. The second kappa shape index (κ2) is 6.95.